The van der Waals surface area contributed by atoms with Crippen molar-refractivity contribution in [2.45, 2.75) is 19.3 Å². The predicted molar refractivity (Wildman–Crippen MR) is 529 cm³/mol. The first-order chi connectivity index (χ1) is 61.4. The van der Waals surface area contributed by atoms with Gasteiger partial charge in [-0.3, -0.25) is 0 Å². The van der Waals surface area contributed by atoms with Crippen LogP contribution in [-0.2, 0) is 5.41 Å². The monoisotopic (exact) mass is 1610 g/mol. The molecule has 0 N–H and O–H groups in total. The van der Waals surface area contributed by atoms with Gasteiger partial charge in [-0.25, -0.2) is 0 Å². The van der Waals surface area contributed by atoms with Crippen molar-refractivity contribution in [3.8, 4) is 39.6 Å². The van der Waals surface area contributed by atoms with E-state index in [0.717, 1.165) is 17.1 Å². The number of aromatic nitrogens is 5. The summed E-state index contributed by atoms with van der Waals surface area (Å²) >= 11 is 0. The first-order valence-electron chi connectivity index (χ1n) is 43.1. The van der Waals surface area contributed by atoms with E-state index in [-0.39, 0.29) is 5.41 Å². The van der Waals surface area contributed by atoms with Gasteiger partial charge in [0, 0.05) is 87.7 Å². The van der Waals surface area contributed by atoms with Crippen LogP contribution < -0.4 is 41.5 Å². The van der Waals surface area contributed by atoms with Gasteiger partial charge < -0.3 is 22.8 Å². The molecule has 5 aromatic heterocycles. The zero-order valence-corrected chi connectivity index (χ0v) is 70.7. The number of hydrogen-bond acceptors (Lipinski definition) is 0. The Labute approximate surface area is 721 Å². The molecule has 0 radical (unpaired) electrons. The predicted octanol–water partition coefficient (Wildman–Crippen LogP) is 23.9. The third-order valence-electron chi connectivity index (χ3n) is 27.0. The van der Waals surface area contributed by atoms with E-state index in [1.165, 1.54) is 184 Å². The van der Waals surface area contributed by atoms with Crippen LogP contribution in [0.4, 0.5) is 0 Å². The van der Waals surface area contributed by atoms with Crippen molar-refractivity contribution in [2.24, 2.45) is 0 Å². The van der Waals surface area contributed by atoms with Crippen LogP contribution in [0.3, 0.4) is 0 Å². The van der Waals surface area contributed by atoms with Gasteiger partial charge in [-0.1, -0.05) is 360 Å². The van der Waals surface area contributed by atoms with E-state index in [2.05, 4.69) is 504 Å². The summed E-state index contributed by atoms with van der Waals surface area (Å²) in [4.78, 5) is 0. The van der Waals surface area contributed by atoms with Crippen molar-refractivity contribution < 1.29 is 0 Å². The second-order valence-corrected chi connectivity index (χ2v) is 41.2. The van der Waals surface area contributed by atoms with Gasteiger partial charge in [0.15, 0.2) is 16.1 Å². The van der Waals surface area contributed by atoms with Crippen LogP contribution in [0.5, 0.6) is 0 Å². The van der Waals surface area contributed by atoms with Crippen LogP contribution in [0.2, 0.25) is 0 Å². The van der Waals surface area contributed by atoms with Crippen molar-refractivity contribution in [1.29, 1.82) is 0 Å². The maximum atomic E-state index is 2.49. The molecule has 0 amide bonds. The van der Waals surface area contributed by atoms with Gasteiger partial charge in [0.25, 0.3) is 0 Å². The fourth-order valence-electron chi connectivity index (χ4n) is 22.0. The van der Waals surface area contributed by atoms with E-state index in [9.17, 15) is 0 Å². The number of benzene rings is 19. The zero-order valence-electron chi connectivity index (χ0n) is 68.7. The number of rotatable bonds is 13. The standard InChI is InChI=1S/C60H41N3Si.C57H42N2Si/c1-5-20-42(21-6-1)61-51-31-16-13-28-48(51)58-54(61)34-19-35-57(58)64(45-24-9-3-10-25-45,46-26-11-4-12-27-46)47-38-36-44(37-39-47)63-53-33-18-15-30-50(53)60-56(63)41-40-55-59(60)49-29-14-17-32-52(49)62(55)43-22-7-2-8-23-43;1-57(2)47-28-15-12-25-44(47)54-48(57)37-38-52-56(54)46-27-14-17-30-50(46)59(52)40-33-35-43(36-34-40)60(41-21-8-4-9-22-41,42-23-10-5-11-24-42)53-32-18-31-51-55(53)45-26-13-16-29-49(45)58(51)39-19-6-3-7-20-39/h1-41H;3-38H,1-2H3. The number of para-hydroxylation sites is 8. The lowest BCUT2D eigenvalue weighted by Crippen LogP contribution is -2.74. The maximum absolute atomic E-state index is 3.01. The molecule has 1 aliphatic rings. The molecule has 0 saturated heterocycles. The molecule has 1 aliphatic carbocycles. The average molecular weight is 1620 g/mol. The molecule has 25 rings (SSSR count). The second kappa shape index (κ2) is 28.9. The van der Waals surface area contributed by atoms with Crippen molar-refractivity contribution >= 4 is 167 Å². The average Bonchev–Trinajstić information content (AvgIpc) is 1.25. The van der Waals surface area contributed by atoms with Crippen LogP contribution in [0.25, 0.3) is 149 Å². The lowest BCUT2D eigenvalue weighted by Gasteiger charge is -2.35. The quantitative estimate of drug-likeness (QED) is 0.0812. The van der Waals surface area contributed by atoms with Crippen molar-refractivity contribution in [1.82, 2.24) is 22.8 Å². The molecule has 0 spiro atoms. The highest BCUT2D eigenvalue weighted by atomic mass is 28.3. The second-order valence-electron chi connectivity index (χ2n) is 33.6. The van der Waals surface area contributed by atoms with Gasteiger partial charge in [-0.15, -0.1) is 0 Å². The largest absolute Gasteiger partial charge is 0.309 e. The SMILES string of the molecule is CC1(C)c2ccccc2-c2c1ccc1c2c2ccccc2n1-c1ccc([Si](c2ccccc2)(c2ccccc2)c2cccc3c2c2ccccc2n3-c2ccccc2)cc1.c1ccc(-n2c3ccccc3c3c([Si](c4ccccc4)(c4ccccc4)c4ccc(-n5c6ccccc6c6c7c8ccccc8n(-c8ccccc8)c7ccc65)cc4)cccc32)cc1. The van der Waals surface area contributed by atoms with Crippen molar-refractivity contribution in [2.75, 3.05) is 0 Å². The molecule has 0 fully saturated rings. The number of fused-ring (bicyclic) bond motifs is 20. The minimum atomic E-state index is -3.01. The van der Waals surface area contributed by atoms with Crippen LogP contribution in [-0.4, -0.2) is 39.0 Å². The molecule has 124 heavy (non-hydrogen) atoms. The Kier molecular flexibility index (Phi) is 16.9. The summed E-state index contributed by atoms with van der Waals surface area (Å²) in [5.74, 6) is 0. The Bertz CT molecular complexity index is 8200. The van der Waals surface area contributed by atoms with E-state index < -0.39 is 16.1 Å². The molecule has 0 atom stereocenters. The van der Waals surface area contributed by atoms with Crippen molar-refractivity contribution in [3.63, 3.8) is 0 Å². The molecule has 7 heteroatoms. The molecule has 0 saturated carbocycles. The highest BCUT2D eigenvalue weighted by Crippen LogP contribution is 2.54. The molecular weight excluding hydrogens is 1530 g/mol. The Hall–Kier alpha value is -15.4. The topological polar surface area (TPSA) is 24.6 Å². The van der Waals surface area contributed by atoms with Gasteiger partial charge in [-0.05, 0) is 185 Å². The summed E-state index contributed by atoms with van der Waals surface area (Å²) in [5, 5.41) is 23.8. The first-order valence-corrected chi connectivity index (χ1v) is 47.1. The van der Waals surface area contributed by atoms with E-state index in [1.54, 1.807) is 0 Å². The molecule has 5 nitrogen and oxygen atoms in total. The van der Waals surface area contributed by atoms with Gasteiger partial charge in [-0.2, -0.15) is 0 Å². The summed E-state index contributed by atoms with van der Waals surface area (Å²) in [6, 6.07) is 174. The molecular formula is C117H83N5Si2. The Balaban J connectivity index is 0.000000140. The fraction of sp³-hybridized carbons (Fsp3) is 0.0256. The molecule has 584 valence electrons. The molecule has 0 unspecified atom stereocenters. The minimum Gasteiger partial charge on any atom is -0.309 e. The van der Waals surface area contributed by atoms with Gasteiger partial charge in [0.1, 0.15) is 0 Å². The molecule has 0 bridgehead atoms. The molecule has 0 aliphatic heterocycles. The minimum absolute atomic E-state index is 0.0654. The summed E-state index contributed by atoms with van der Waals surface area (Å²) < 4.78 is 12.3. The Morgan fingerprint density at radius 3 is 0.758 bits per heavy atom. The van der Waals surface area contributed by atoms with Gasteiger partial charge >= 0.3 is 0 Å². The van der Waals surface area contributed by atoms with Crippen LogP contribution in [0.1, 0.15) is 25.0 Å². The first kappa shape index (κ1) is 72.6. The van der Waals surface area contributed by atoms with Crippen molar-refractivity contribution in [3.05, 3.63) is 478 Å². The summed E-state index contributed by atoms with van der Waals surface area (Å²) in [7, 11) is -5.98. The highest BCUT2D eigenvalue weighted by molar-refractivity contribution is 7.21. The van der Waals surface area contributed by atoms with Crippen LogP contribution >= 0.6 is 0 Å². The lowest BCUT2D eigenvalue weighted by atomic mass is 9.82. The smallest absolute Gasteiger partial charge is 0.180 e. The maximum Gasteiger partial charge on any atom is 0.180 e. The molecule has 19 aromatic carbocycles. The Morgan fingerprint density at radius 1 is 0.169 bits per heavy atom. The number of nitrogens with zero attached hydrogens (tertiary/aromatic N) is 5. The Morgan fingerprint density at radius 2 is 0.411 bits per heavy atom. The molecule has 24 aromatic rings. The third-order valence-corrected chi connectivity index (χ3v) is 36.7. The van der Waals surface area contributed by atoms with E-state index >= 15 is 0 Å². The van der Waals surface area contributed by atoms with Crippen LogP contribution in [0.15, 0.2) is 467 Å². The fourth-order valence-corrected chi connectivity index (χ4v) is 31.9. The molecule has 5 heterocycles. The normalized spacial score (nSPS) is 12.7. The van der Waals surface area contributed by atoms with E-state index in [0.29, 0.717) is 0 Å². The van der Waals surface area contributed by atoms with Crippen LogP contribution in [0, 0.1) is 0 Å². The zero-order chi connectivity index (χ0) is 82.2. The van der Waals surface area contributed by atoms with Gasteiger partial charge in [0.2, 0.25) is 0 Å². The van der Waals surface area contributed by atoms with E-state index in [4.69, 9.17) is 0 Å². The summed E-state index contributed by atoms with van der Waals surface area (Å²) in [6.07, 6.45) is 0. The highest BCUT2D eigenvalue weighted by Gasteiger charge is 2.46. The summed E-state index contributed by atoms with van der Waals surface area (Å²) in [5.41, 5.74) is 23.4. The number of hydrogen-bond donors (Lipinski definition) is 0. The third kappa shape index (κ3) is 10.7. The van der Waals surface area contributed by atoms with Gasteiger partial charge in [0.05, 0.1) is 55.2 Å². The van der Waals surface area contributed by atoms with E-state index in [1.807, 2.05) is 0 Å². The lowest BCUT2D eigenvalue weighted by molar-refractivity contribution is 0.661. The summed E-state index contributed by atoms with van der Waals surface area (Å²) in [6.45, 7) is 4.74.